The van der Waals surface area contributed by atoms with E-state index in [2.05, 4.69) is 10.1 Å². The Morgan fingerprint density at radius 2 is 2.44 bits per heavy atom. The van der Waals surface area contributed by atoms with Crippen molar-refractivity contribution < 1.29 is 9.63 Å². The smallest absolute Gasteiger partial charge is 0.133 e. The Labute approximate surface area is 96.2 Å². The van der Waals surface area contributed by atoms with Gasteiger partial charge in [0.15, 0.2) is 0 Å². The van der Waals surface area contributed by atoms with Gasteiger partial charge in [-0.2, -0.15) is 0 Å². The number of piperidine rings is 1. The summed E-state index contributed by atoms with van der Waals surface area (Å²) >= 11 is 0. The van der Waals surface area contributed by atoms with Crippen LogP contribution >= 0.6 is 0 Å². The SMILES string of the molecule is Cc1cc(CN2CCCCC2CCO)no1. The Balaban J connectivity index is 1.95. The summed E-state index contributed by atoms with van der Waals surface area (Å²) < 4.78 is 5.08. The number of aliphatic hydroxyl groups excluding tert-OH is 1. The van der Waals surface area contributed by atoms with Gasteiger partial charge in [0, 0.05) is 25.3 Å². The summed E-state index contributed by atoms with van der Waals surface area (Å²) in [7, 11) is 0. The zero-order valence-electron chi connectivity index (χ0n) is 9.85. The van der Waals surface area contributed by atoms with Crippen molar-refractivity contribution in [1.82, 2.24) is 10.1 Å². The molecule has 16 heavy (non-hydrogen) atoms. The largest absolute Gasteiger partial charge is 0.396 e. The molecule has 1 fully saturated rings. The van der Waals surface area contributed by atoms with Gasteiger partial charge in [-0.05, 0) is 32.7 Å². The van der Waals surface area contributed by atoms with Gasteiger partial charge in [-0.15, -0.1) is 0 Å². The van der Waals surface area contributed by atoms with Gasteiger partial charge < -0.3 is 9.63 Å². The number of rotatable bonds is 4. The Bertz CT molecular complexity index is 323. The molecule has 2 heterocycles. The fraction of sp³-hybridized carbons (Fsp3) is 0.750. The zero-order chi connectivity index (χ0) is 11.4. The Morgan fingerprint density at radius 3 is 3.12 bits per heavy atom. The number of aromatic nitrogens is 1. The molecule has 1 saturated heterocycles. The zero-order valence-corrected chi connectivity index (χ0v) is 9.85. The quantitative estimate of drug-likeness (QED) is 0.846. The van der Waals surface area contributed by atoms with E-state index in [0.29, 0.717) is 6.04 Å². The molecule has 0 saturated carbocycles. The first-order valence-corrected chi connectivity index (χ1v) is 6.06. The normalized spacial score (nSPS) is 22.5. The van der Waals surface area contributed by atoms with Crippen molar-refractivity contribution >= 4 is 0 Å². The van der Waals surface area contributed by atoms with E-state index in [1.54, 1.807) is 0 Å². The van der Waals surface area contributed by atoms with Crippen LogP contribution in [0.15, 0.2) is 10.6 Å². The molecule has 1 unspecified atom stereocenters. The summed E-state index contributed by atoms with van der Waals surface area (Å²) in [5, 5.41) is 13.1. The van der Waals surface area contributed by atoms with Crippen molar-refractivity contribution in [2.75, 3.05) is 13.2 Å². The fourth-order valence-corrected chi connectivity index (χ4v) is 2.44. The lowest BCUT2D eigenvalue weighted by molar-refractivity contribution is 0.110. The fourth-order valence-electron chi connectivity index (χ4n) is 2.44. The van der Waals surface area contributed by atoms with Gasteiger partial charge in [0.2, 0.25) is 0 Å². The van der Waals surface area contributed by atoms with Crippen LogP contribution in [0.3, 0.4) is 0 Å². The molecule has 0 aromatic carbocycles. The predicted octanol–water partition coefficient (Wildman–Crippen LogP) is 1.72. The van der Waals surface area contributed by atoms with E-state index < -0.39 is 0 Å². The molecule has 1 atom stereocenters. The molecule has 0 spiro atoms. The summed E-state index contributed by atoms with van der Waals surface area (Å²) in [6, 6.07) is 2.50. The van der Waals surface area contributed by atoms with Gasteiger partial charge in [-0.3, -0.25) is 4.90 Å². The first-order valence-electron chi connectivity index (χ1n) is 6.06. The number of aliphatic hydroxyl groups is 1. The van der Waals surface area contributed by atoms with Crippen LogP contribution in [0.2, 0.25) is 0 Å². The highest BCUT2D eigenvalue weighted by Gasteiger charge is 2.22. The summed E-state index contributed by atoms with van der Waals surface area (Å²) in [6.45, 7) is 4.15. The van der Waals surface area contributed by atoms with Crippen LogP contribution in [-0.4, -0.2) is 34.4 Å². The third kappa shape index (κ3) is 2.83. The van der Waals surface area contributed by atoms with Gasteiger partial charge in [-0.1, -0.05) is 11.6 Å². The van der Waals surface area contributed by atoms with Gasteiger partial charge in [-0.25, -0.2) is 0 Å². The lowest BCUT2D eigenvalue weighted by Gasteiger charge is -2.34. The van der Waals surface area contributed by atoms with Crippen molar-refractivity contribution in [2.45, 2.75) is 45.2 Å². The van der Waals surface area contributed by atoms with E-state index in [0.717, 1.165) is 31.0 Å². The molecule has 4 nitrogen and oxygen atoms in total. The van der Waals surface area contributed by atoms with Crippen LogP contribution in [0, 0.1) is 6.92 Å². The van der Waals surface area contributed by atoms with Crippen LogP contribution < -0.4 is 0 Å². The van der Waals surface area contributed by atoms with Crippen LogP contribution in [0.5, 0.6) is 0 Å². The molecule has 0 aliphatic carbocycles. The highest BCUT2D eigenvalue weighted by molar-refractivity contribution is 5.03. The topological polar surface area (TPSA) is 49.5 Å². The molecule has 4 heteroatoms. The molecule has 1 aromatic heterocycles. The van der Waals surface area contributed by atoms with Gasteiger partial charge >= 0.3 is 0 Å². The maximum absolute atomic E-state index is 9.05. The number of aryl methyl sites for hydroxylation is 1. The third-order valence-corrected chi connectivity index (χ3v) is 3.25. The predicted molar refractivity (Wildman–Crippen MR) is 61.0 cm³/mol. The molecule has 0 radical (unpaired) electrons. The molecule has 0 bridgehead atoms. The molecule has 1 aliphatic heterocycles. The van der Waals surface area contributed by atoms with E-state index in [9.17, 15) is 0 Å². The Kier molecular flexibility index (Phi) is 3.96. The first-order chi connectivity index (χ1) is 7.79. The Hall–Kier alpha value is -0.870. The van der Waals surface area contributed by atoms with Crippen LogP contribution in [-0.2, 0) is 6.54 Å². The van der Waals surface area contributed by atoms with E-state index in [4.69, 9.17) is 9.63 Å². The molecule has 0 amide bonds. The van der Waals surface area contributed by atoms with Crippen molar-refractivity contribution in [3.63, 3.8) is 0 Å². The van der Waals surface area contributed by atoms with Gasteiger partial charge in [0.1, 0.15) is 5.76 Å². The molecule has 2 rings (SSSR count). The second-order valence-electron chi connectivity index (χ2n) is 4.56. The lowest BCUT2D eigenvalue weighted by Crippen LogP contribution is -2.39. The maximum atomic E-state index is 9.05. The van der Waals surface area contributed by atoms with E-state index in [-0.39, 0.29) is 6.61 Å². The average molecular weight is 224 g/mol. The molecule has 1 aliphatic rings. The summed E-state index contributed by atoms with van der Waals surface area (Å²) in [5.74, 6) is 0.866. The highest BCUT2D eigenvalue weighted by Crippen LogP contribution is 2.21. The van der Waals surface area contributed by atoms with Crippen molar-refractivity contribution in [3.8, 4) is 0 Å². The monoisotopic (exact) mass is 224 g/mol. The van der Waals surface area contributed by atoms with Crippen LogP contribution in [0.4, 0.5) is 0 Å². The minimum absolute atomic E-state index is 0.277. The molecule has 1 aromatic rings. The van der Waals surface area contributed by atoms with Crippen LogP contribution in [0.1, 0.15) is 37.1 Å². The highest BCUT2D eigenvalue weighted by atomic mass is 16.5. The van der Waals surface area contributed by atoms with E-state index >= 15 is 0 Å². The third-order valence-electron chi connectivity index (χ3n) is 3.25. The lowest BCUT2D eigenvalue weighted by atomic mass is 9.99. The van der Waals surface area contributed by atoms with Crippen LogP contribution in [0.25, 0.3) is 0 Å². The summed E-state index contributed by atoms with van der Waals surface area (Å²) in [6.07, 6.45) is 4.59. The summed E-state index contributed by atoms with van der Waals surface area (Å²) in [5.41, 5.74) is 1.00. The minimum Gasteiger partial charge on any atom is -0.396 e. The number of likely N-dealkylation sites (tertiary alicyclic amines) is 1. The Morgan fingerprint density at radius 1 is 1.56 bits per heavy atom. The maximum Gasteiger partial charge on any atom is 0.133 e. The molecular weight excluding hydrogens is 204 g/mol. The molecular formula is C12H20N2O2. The number of hydrogen-bond acceptors (Lipinski definition) is 4. The second-order valence-corrected chi connectivity index (χ2v) is 4.56. The van der Waals surface area contributed by atoms with Crippen molar-refractivity contribution in [3.05, 3.63) is 17.5 Å². The summed E-state index contributed by atoms with van der Waals surface area (Å²) in [4.78, 5) is 2.41. The van der Waals surface area contributed by atoms with Crippen molar-refractivity contribution in [2.24, 2.45) is 0 Å². The second kappa shape index (κ2) is 5.46. The molecule has 1 N–H and O–H groups in total. The van der Waals surface area contributed by atoms with Gasteiger partial charge in [0.05, 0.1) is 5.69 Å². The number of nitrogens with zero attached hydrogens (tertiary/aromatic N) is 2. The average Bonchev–Trinajstić information content (AvgIpc) is 2.67. The van der Waals surface area contributed by atoms with E-state index in [1.165, 1.54) is 19.3 Å². The van der Waals surface area contributed by atoms with Crippen molar-refractivity contribution in [1.29, 1.82) is 0 Å². The number of hydrogen-bond donors (Lipinski definition) is 1. The standard InChI is InChI=1S/C12H20N2O2/c1-10-8-11(13-16-10)9-14-6-3-2-4-12(14)5-7-15/h8,12,15H,2-7,9H2,1H3. The molecule has 90 valence electrons. The first kappa shape index (κ1) is 11.6. The minimum atomic E-state index is 0.277. The van der Waals surface area contributed by atoms with Gasteiger partial charge in [0.25, 0.3) is 0 Å². The van der Waals surface area contributed by atoms with E-state index in [1.807, 2.05) is 13.0 Å².